The van der Waals surface area contributed by atoms with Crippen LogP contribution in [0, 0.1) is 0 Å². The molecule has 0 amide bonds. The van der Waals surface area contributed by atoms with Crippen molar-refractivity contribution < 1.29 is 13.8 Å². The maximum Gasteiger partial charge on any atom is 0.124 e. The number of rotatable bonds is 6. The SMILES string of the molecule is NCc1c(OCc2ccccc2)ccc2c1C(Sc1ccccc1)CS2(O)O. The minimum atomic E-state index is -2.82. The normalized spacial score (nSPS) is 18.5. The molecule has 0 saturated heterocycles. The first kappa shape index (κ1) is 19.4. The minimum absolute atomic E-state index is 0.0683. The Morgan fingerprint density at radius 1 is 0.964 bits per heavy atom. The molecule has 28 heavy (non-hydrogen) atoms. The van der Waals surface area contributed by atoms with E-state index in [0.717, 1.165) is 21.6 Å². The number of hydrogen-bond donors (Lipinski definition) is 3. The van der Waals surface area contributed by atoms with Crippen LogP contribution in [0.3, 0.4) is 0 Å². The van der Waals surface area contributed by atoms with Gasteiger partial charge < -0.3 is 10.5 Å². The van der Waals surface area contributed by atoms with E-state index in [2.05, 4.69) is 0 Å². The number of benzene rings is 3. The molecule has 1 aliphatic rings. The van der Waals surface area contributed by atoms with Crippen molar-refractivity contribution in [2.75, 3.05) is 5.75 Å². The van der Waals surface area contributed by atoms with Crippen molar-refractivity contribution in [1.82, 2.24) is 0 Å². The predicted molar refractivity (Wildman–Crippen MR) is 116 cm³/mol. The molecule has 0 spiro atoms. The quantitative estimate of drug-likeness (QED) is 0.485. The van der Waals surface area contributed by atoms with Crippen molar-refractivity contribution in [3.63, 3.8) is 0 Å². The van der Waals surface area contributed by atoms with Crippen LogP contribution in [0.2, 0.25) is 0 Å². The molecule has 0 bridgehead atoms. The van der Waals surface area contributed by atoms with Gasteiger partial charge in [0.2, 0.25) is 0 Å². The van der Waals surface area contributed by atoms with E-state index in [-0.39, 0.29) is 11.8 Å². The molecule has 4 rings (SSSR count). The van der Waals surface area contributed by atoms with Gasteiger partial charge in [-0.05, 0) is 35.4 Å². The van der Waals surface area contributed by atoms with E-state index in [1.807, 2.05) is 66.7 Å². The fourth-order valence-corrected chi connectivity index (χ4v) is 7.10. The lowest BCUT2D eigenvalue weighted by molar-refractivity contribution is 0.302. The summed E-state index contributed by atoms with van der Waals surface area (Å²) >= 11 is 1.64. The zero-order valence-electron chi connectivity index (χ0n) is 15.3. The Labute approximate surface area is 171 Å². The smallest absolute Gasteiger partial charge is 0.124 e. The Bertz CT molecular complexity index is 949. The molecule has 6 heteroatoms. The summed E-state index contributed by atoms with van der Waals surface area (Å²) in [6.45, 7) is 0.730. The standard InChI is InChI=1S/C22H23NO3S2/c23-13-18-19(26-14-16-7-3-1-4-8-16)11-12-21-22(18)20(15-28(21,24)25)27-17-9-5-2-6-10-17/h1-12,20,24-25H,13-15,23H2. The van der Waals surface area contributed by atoms with E-state index in [1.165, 1.54) is 0 Å². The second-order valence-electron chi connectivity index (χ2n) is 6.69. The van der Waals surface area contributed by atoms with Crippen molar-refractivity contribution in [1.29, 1.82) is 0 Å². The van der Waals surface area contributed by atoms with Crippen LogP contribution >= 0.6 is 22.4 Å². The Balaban J connectivity index is 1.67. The molecular weight excluding hydrogens is 390 g/mol. The third kappa shape index (κ3) is 3.92. The topological polar surface area (TPSA) is 75.7 Å². The Hall–Kier alpha value is -1.96. The minimum Gasteiger partial charge on any atom is -0.489 e. The molecule has 3 aromatic rings. The maximum atomic E-state index is 10.7. The van der Waals surface area contributed by atoms with Crippen LogP contribution < -0.4 is 10.5 Å². The van der Waals surface area contributed by atoms with Crippen LogP contribution in [0.15, 0.2) is 82.6 Å². The van der Waals surface area contributed by atoms with E-state index < -0.39 is 10.6 Å². The number of ether oxygens (including phenoxy) is 1. The lowest BCUT2D eigenvalue weighted by Crippen LogP contribution is -2.08. The summed E-state index contributed by atoms with van der Waals surface area (Å²) in [4.78, 5) is 1.70. The summed E-state index contributed by atoms with van der Waals surface area (Å²) < 4.78 is 27.4. The zero-order chi connectivity index (χ0) is 19.6. The molecule has 1 heterocycles. The summed E-state index contributed by atoms with van der Waals surface area (Å²) in [5.41, 5.74) is 8.95. The first-order valence-electron chi connectivity index (χ1n) is 9.08. The van der Waals surface area contributed by atoms with Crippen LogP contribution in [-0.4, -0.2) is 14.9 Å². The molecule has 3 aromatic carbocycles. The van der Waals surface area contributed by atoms with Gasteiger partial charge in [0.05, 0.1) is 15.9 Å². The molecule has 1 aliphatic heterocycles. The van der Waals surface area contributed by atoms with Crippen molar-refractivity contribution >= 4 is 22.4 Å². The molecule has 0 saturated carbocycles. The van der Waals surface area contributed by atoms with E-state index in [4.69, 9.17) is 10.5 Å². The third-order valence-corrected chi connectivity index (χ3v) is 8.10. The molecule has 1 unspecified atom stereocenters. The molecule has 0 fully saturated rings. The second-order valence-corrected chi connectivity index (χ2v) is 10.1. The average Bonchev–Trinajstić information content (AvgIpc) is 2.97. The first-order valence-corrected chi connectivity index (χ1v) is 11.7. The Kier molecular flexibility index (Phi) is 5.66. The highest BCUT2D eigenvalue weighted by molar-refractivity contribution is 8.25. The largest absolute Gasteiger partial charge is 0.489 e. The highest BCUT2D eigenvalue weighted by atomic mass is 32.3. The highest BCUT2D eigenvalue weighted by Crippen LogP contribution is 2.64. The van der Waals surface area contributed by atoms with Crippen LogP contribution in [0.4, 0.5) is 0 Å². The van der Waals surface area contributed by atoms with Crippen LogP contribution in [0.25, 0.3) is 0 Å². The summed E-state index contributed by atoms with van der Waals surface area (Å²) in [6, 6.07) is 23.6. The molecule has 0 aliphatic carbocycles. The van der Waals surface area contributed by atoms with Gasteiger partial charge in [0.1, 0.15) is 12.4 Å². The van der Waals surface area contributed by atoms with Gasteiger partial charge in [0.15, 0.2) is 0 Å². The monoisotopic (exact) mass is 413 g/mol. The molecule has 0 aromatic heterocycles. The van der Waals surface area contributed by atoms with Gasteiger partial charge in [-0.3, -0.25) is 9.11 Å². The number of hydrogen-bond acceptors (Lipinski definition) is 5. The number of fused-ring (bicyclic) bond motifs is 1. The van der Waals surface area contributed by atoms with E-state index in [0.29, 0.717) is 23.0 Å². The second kappa shape index (κ2) is 8.19. The fraction of sp³-hybridized carbons (Fsp3) is 0.182. The molecule has 0 radical (unpaired) electrons. The van der Waals surface area contributed by atoms with Gasteiger partial charge in [-0.15, -0.1) is 11.8 Å². The van der Waals surface area contributed by atoms with Gasteiger partial charge in [-0.25, -0.2) is 0 Å². The Morgan fingerprint density at radius 2 is 1.64 bits per heavy atom. The van der Waals surface area contributed by atoms with Crippen LogP contribution in [0.5, 0.6) is 5.75 Å². The molecule has 1 atom stereocenters. The maximum absolute atomic E-state index is 10.7. The average molecular weight is 414 g/mol. The third-order valence-electron chi connectivity index (χ3n) is 4.79. The van der Waals surface area contributed by atoms with Crippen molar-refractivity contribution in [3.8, 4) is 5.75 Å². The van der Waals surface area contributed by atoms with E-state index in [1.54, 1.807) is 17.8 Å². The fourth-order valence-electron chi connectivity index (χ4n) is 3.48. The summed E-state index contributed by atoms with van der Waals surface area (Å²) in [6.07, 6.45) is 0. The summed E-state index contributed by atoms with van der Waals surface area (Å²) in [5, 5.41) is -0.0683. The van der Waals surface area contributed by atoms with E-state index >= 15 is 0 Å². The first-order chi connectivity index (χ1) is 13.6. The summed E-state index contributed by atoms with van der Waals surface area (Å²) in [5.74, 6) is 1.01. The number of nitrogens with two attached hydrogens (primary N) is 1. The summed E-state index contributed by atoms with van der Waals surface area (Å²) in [7, 11) is -2.82. The van der Waals surface area contributed by atoms with Gasteiger partial charge in [0, 0.05) is 17.0 Å². The Morgan fingerprint density at radius 3 is 2.32 bits per heavy atom. The van der Waals surface area contributed by atoms with Gasteiger partial charge in [0.25, 0.3) is 0 Å². The number of thioether (sulfide) groups is 1. The zero-order valence-corrected chi connectivity index (χ0v) is 17.0. The van der Waals surface area contributed by atoms with Crippen molar-refractivity contribution in [2.45, 2.75) is 28.2 Å². The van der Waals surface area contributed by atoms with Gasteiger partial charge in [-0.1, -0.05) is 48.5 Å². The molecule has 146 valence electrons. The molecular formula is C22H23NO3S2. The van der Waals surface area contributed by atoms with Crippen molar-refractivity contribution in [3.05, 3.63) is 89.5 Å². The van der Waals surface area contributed by atoms with Crippen LogP contribution in [-0.2, 0) is 13.2 Å². The van der Waals surface area contributed by atoms with Gasteiger partial charge in [-0.2, -0.15) is 10.6 Å². The van der Waals surface area contributed by atoms with Crippen LogP contribution in [0.1, 0.15) is 21.9 Å². The predicted octanol–water partition coefficient (Wildman–Crippen LogP) is 5.68. The highest BCUT2D eigenvalue weighted by Gasteiger charge is 2.38. The molecule has 4 nitrogen and oxygen atoms in total. The lowest BCUT2D eigenvalue weighted by atomic mass is 10.0. The van der Waals surface area contributed by atoms with Gasteiger partial charge >= 0.3 is 0 Å². The molecule has 4 N–H and O–H groups in total. The lowest BCUT2D eigenvalue weighted by Gasteiger charge is -2.27. The van der Waals surface area contributed by atoms with E-state index in [9.17, 15) is 9.11 Å². The van der Waals surface area contributed by atoms with Crippen molar-refractivity contribution in [2.24, 2.45) is 5.73 Å².